The molecule has 0 aromatic rings. The van der Waals surface area contributed by atoms with E-state index >= 15 is 0 Å². The fourth-order valence-electron chi connectivity index (χ4n) is 7.94. The third-order valence-corrected chi connectivity index (χ3v) is 12.2. The van der Waals surface area contributed by atoms with E-state index in [2.05, 4.69) is 23.3 Å². The SMILES string of the molecule is CCCCCCCCCCCCCCCCCCCCCCC(O)C(COC1OC(CO)C(O)C(OS(=O)(=O)O)C1O)NC(=O)C(O)CCCCCCCCCCCC. The highest BCUT2D eigenvalue weighted by Crippen LogP contribution is 2.26. The maximum atomic E-state index is 13.1. The van der Waals surface area contributed by atoms with Gasteiger partial charge in [0.15, 0.2) is 6.29 Å². The molecule has 14 heteroatoms. The Hall–Kier alpha value is -0.940. The van der Waals surface area contributed by atoms with Crippen molar-refractivity contribution < 1.29 is 57.0 Å². The van der Waals surface area contributed by atoms with Crippen LogP contribution in [0.25, 0.3) is 0 Å². The summed E-state index contributed by atoms with van der Waals surface area (Å²) in [5, 5.41) is 55.3. The second-order valence-electron chi connectivity index (χ2n) is 17.2. The van der Waals surface area contributed by atoms with E-state index in [0.717, 1.165) is 38.5 Å². The van der Waals surface area contributed by atoms with Crippen LogP contribution in [0.1, 0.15) is 219 Å². The van der Waals surface area contributed by atoms with E-state index < -0.39 is 78.5 Å². The Kier molecular flexibility index (Phi) is 34.7. The fraction of sp³-hybridized carbons (Fsp3) is 0.978. The molecule has 352 valence electrons. The third-order valence-electron chi connectivity index (χ3n) is 11.8. The fourth-order valence-corrected chi connectivity index (χ4v) is 8.45. The highest BCUT2D eigenvalue weighted by molar-refractivity contribution is 7.80. The number of carbonyl (C=O) groups is 1. The first kappa shape index (κ1) is 56.1. The Morgan fingerprint density at radius 1 is 0.610 bits per heavy atom. The first-order valence-corrected chi connectivity index (χ1v) is 25.4. The zero-order chi connectivity index (χ0) is 43.6. The van der Waals surface area contributed by atoms with Gasteiger partial charge in [0.05, 0.1) is 25.4 Å². The van der Waals surface area contributed by atoms with Gasteiger partial charge in [0.25, 0.3) is 0 Å². The molecule has 0 spiro atoms. The molecule has 0 saturated carbocycles. The van der Waals surface area contributed by atoms with Gasteiger partial charge in [-0.3, -0.25) is 9.35 Å². The van der Waals surface area contributed by atoms with Crippen molar-refractivity contribution in [3.63, 3.8) is 0 Å². The van der Waals surface area contributed by atoms with Crippen LogP contribution in [0.15, 0.2) is 0 Å². The van der Waals surface area contributed by atoms with Crippen LogP contribution >= 0.6 is 0 Å². The molecular formula is C45H89NO12S. The van der Waals surface area contributed by atoms with Gasteiger partial charge in [0.1, 0.15) is 30.5 Å². The molecule has 1 heterocycles. The van der Waals surface area contributed by atoms with Crippen LogP contribution in [0.5, 0.6) is 0 Å². The monoisotopic (exact) mass is 868 g/mol. The molecule has 1 aliphatic rings. The van der Waals surface area contributed by atoms with Crippen LogP contribution in [0, 0.1) is 0 Å². The van der Waals surface area contributed by atoms with E-state index in [-0.39, 0.29) is 6.42 Å². The van der Waals surface area contributed by atoms with Crippen molar-refractivity contribution in [2.45, 2.75) is 268 Å². The van der Waals surface area contributed by atoms with Gasteiger partial charge >= 0.3 is 10.4 Å². The summed E-state index contributed by atoms with van der Waals surface area (Å²) in [5.41, 5.74) is 0. The van der Waals surface area contributed by atoms with Crippen LogP contribution in [0.4, 0.5) is 0 Å². The summed E-state index contributed by atoms with van der Waals surface area (Å²) in [6.07, 6.45) is 25.8. The largest absolute Gasteiger partial charge is 0.397 e. The molecule has 0 aromatic heterocycles. The first-order chi connectivity index (χ1) is 28.4. The molecule has 1 saturated heterocycles. The molecule has 13 nitrogen and oxygen atoms in total. The highest BCUT2D eigenvalue weighted by atomic mass is 32.3. The van der Waals surface area contributed by atoms with E-state index in [1.54, 1.807) is 0 Å². The molecule has 8 unspecified atom stereocenters. The highest BCUT2D eigenvalue weighted by Gasteiger charge is 2.48. The lowest BCUT2D eigenvalue weighted by molar-refractivity contribution is -0.298. The van der Waals surface area contributed by atoms with Crippen molar-refractivity contribution in [1.29, 1.82) is 0 Å². The van der Waals surface area contributed by atoms with Crippen LogP contribution < -0.4 is 5.32 Å². The summed E-state index contributed by atoms with van der Waals surface area (Å²) in [6.45, 7) is 3.27. The summed E-state index contributed by atoms with van der Waals surface area (Å²) in [4.78, 5) is 13.1. The predicted molar refractivity (Wildman–Crippen MR) is 233 cm³/mol. The maximum Gasteiger partial charge on any atom is 0.397 e. The lowest BCUT2D eigenvalue weighted by Crippen LogP contribution is -2.61. The van der Waals surface area contributed by atoms with Crippen molar-refractivity contribution in [3.8, 4) is 0 Å². The summed E-state index contributed by atoms with van der Waals surface area (Å²) in [7, 11) is -5.10. The molecule has 7 N–H and O–H groups in total. The molecule has 0 radical (unpaired) electrons. The quantitative estimate of drug-likeness (QED) is 0.0228. The van der Waals surface area contributed by atoms with Gasteiger partial charge < -0.3 is 40.3 Å². The van der Waals surface area contributed by atoms with Crippen LogP contribution in [0.2, 0.25) is 0 Å². The lowest BCUT2D eigenvalue weighted by Gasteiger charge is -2.41. The van der Waals surface area contributed by atoms with Crippen molar-refractivity contribution >= 4 is 16.3 Å². The standard InChI is InChI=1S/C45H89NO12S/c1-3-5-7-9-11-13-15-16-17-18-19-20-21-22-23-24-26-27-29-31-33-38(48)37(46-44(52)39(49)34-32-30-28-25-14-12-10-8-6-4-2)36-56-45-42(51)43(58-59(53,54)55)41(50)40(35-47)57-45/h37-43,45,47-51H,3-36H2,1-2H3,(H,46,52)(H,53,54,55). The third kappa shape index (κ3) is 29.1. The zero-order valence-corrected chi connectivity index (χ0v) is 38.0. The maximum absolute atomic E-state index is 13.1. The van der Waals surface area contributed by atoms with Crippen LogP contribution in [0.3, 0.4) is 0 Å². The number of aliphatic hydroxyl groups excluding tert-OH is 5. The Labute approximate surface area is 359 Å². The number of carbonyl (C=O) groups excluding carboxylic acids is 1. The average molecular weight is 868 g/mol. The van der Waals surface area contributed by atoms with E-state index in [9.17, 15) is 43.3 Å². The molecule has 1 aliphatic heterocycles. The van der Waals surface area contributed by atoms with Gasteiger partial charge in [-0.2, -0.15) is 8.42 Å². The summed E-state index contributed by atoms with van der Waals surface area (Å²) in [6, 6.07) is -1.03. The number of nitrogens with one attached hydrogen (secondary N) is 1. The zero-order valence-electron chi connectivity index (χ0n) is 37.2. The summed E-state index contributed by atoms with van der Waals surface area (Å²) < 4.78 is 47.6. The van der Waals surface area contributed by atoms with Crippen LogP contribution in [-0.4, -0.2) is 107 Å². The van der Waals surface area contributed by atoms with Gasteiger partial charge in [-0.25, -0.2) is 4.18 Å². The lowest BCUT2D eigenvalue weighted by atomic mass is 9.99. The van der Waals surface area contributed by atoms with E-state index in [0.29, 0.717) is 19.3 Å². The molecule has 1 rings (SSSR count). The smallest absolute Gasteiger partial charge is 0.394 e. The molecule has 1 amide bonds. The van der Waals surface area contributed by atoms with Crippen LogP contribution in [-0.2, 0) is 28.9 Å². The van der Waals surface area contributed by atoms with E-state index in [1.807, 2.05) is 0 Å². The first-order valence-electron chi connectivity index (χ1n) is 24.0. The Morgan fingerprint density at radius 3 is 1.36 bits per heavy atom. The molecular weight excluding hydrogens is 779 g/mol. The molecule has 8 atom stereocenters. The van der Waals surface area contributed by atoms with E-state index in [4.69, 9.17) is 9.47 Å². The number of hydrogen-bond donors (Lipinski definition) is 7. The number of rotatable bonds is 41. The van der Waals surface area contributed by atoms with Crippen molar-refractivity contribution in [2.24, 2.45) is 0 Å². The Balaban J connectivity index is 2.49. The minimum absolute atomic E-state index is 0.264. The molecule has 0 aromatic carbocycles. The van der Waals surface area contributed by atoms with Gasteiger partial charge in [-0.1, -0.05) is 206 Å². The minimum atomic E-state index is -5.10. The number of aliphatic hydroxyl groups is 5. The van der Waals surface area contributed by atoms with Crippen molar-refractivity contribution in [3.05, 3.63) is 0 Å². The van der Waals surface area contributed by atoms with Crippen molar-refractivity contribution in [1.82, 2.24) is 5.32 Å². The van der Waals surface area contributed by atoms with Crippen molar-refractivity contribution in [2.75, 3.05) is 13.2 Å². The predicted octanol–water partition coefficient (Wildman–Crippen LogP) is 8.36. The normalized spacial score (nSPS) is 21.4. The Bertz CT molecular complexity index is 1090. The van der Waals surface area contributed by atoms with Gasteiger partial charge in [-0.15, -0.1) is 0 Å². The summed E-state index contributed by atoms with van der Waals surface area (Å²) in [5.74, 6) is -0.668. The Morgan fingerprint density at radius 2 is 0.983 bits per heavy atom. The van der Waals surface area contributed by atoms with Gasteiger partial charge in [-0.05, 0) is 12.8 Å². The van der Waals surface area contributed by atoms with E-state index in [1.165, 1.54) is 141 Å². The average Bonchev–Trinajstić information content (AvgIpc) is 3.20. The number of hydrogen-bond acceptors (Lipinski definition) is 11. The molecule has 0 bridgehead atoms. The molecule has 59 heavy (non-hydrogen) atoms. The number of ether oxygens (including phenoxy) is 2. The minimum Gasteiger partial charge on any atom is -0.394 e. The topological polar surface area (TPSA) is 212 Å². The second kappa shape index (κ2) is 36.5. The summed E-state index contributed by atoms with van der Waals surface area (Å²) >= 11 is 0. The van der Waals surface area contributed by atoms with Gasteiger partial charge in [0.2, 0.25) is 5.91 Å². The number of unbranched alkanes of at least 4 members (excludes halogenated alkanes) is 28. The number of amides is 1. The van der Waals surface area contributed by atoms with Gasteiger partial charge in [0, 0.05) is 0 Å². The molecule has 1 fully saturated rings. The molecule has 0 aliphatic carbocycles. The second-order valence-corrected chi connectivity index (χ2v) is 18.3.